The van der Waals surface area contributed by atoms with Gasteiger partial charge in [0.15, 0.2) is 0 Å². The number of carboxylic acid groups (broad SMARTS) is 1. The van der Waals surface area contributed by atoms with Gasteiger partial charge in [-0.15, -0.1) is 11.3 Å². The maximum Gasteiger partial charge on any atom is 0.405 e. The fourth-order valence-electron chi connectivity index (χ4n) is 6.16. The Bertz CT molecular complexity index is 1840. The highest BCUT2D eigenvalue weighted by Crippen LogP contribution is 2.24. The minimum absolute atomic E-state index is 0.0375. The second kappa shape index (κ2) is 18.4. The van der Waals surface area contributed by atoms with Gasteiger partial charge in [0, 0.05) is 37.2 Å². The molecule has 0 saturated carbocycles. The molecular formula is C36H49N7O8S2. The predicted octanol–water partition coefficient (Wildman–Crippen LogP) is 3.36. The van der Waals surface area contributed by atoms with Gasteiger partial charge in [0.05, 0.1) is 34.3 Å². The van der Waals surface area contributed by atoms with Crippen LogP contribution in [0.5, 0.6) is 0 Å². The summed E-state index contributed by atoms with van der Waals surface area (Å²) in [6.45, 7) is 9.50. The second-order valence-electron chi connectivity index (χ2n) is 13.8. The zero-order valence-electron chi connectivity index (χ0n) is 30.6. The van der Waals surface area contributed by atoms with Crippen LogP contribution in [0.2, 0.25) is 0 Å². The molecule has 3 aromatic rings. The number of aliphatic hydroxyl groups excluding tert-OH is 1. The van der Waals surface area contributed by atoms with Crippen LogP contribution in [-0.4, -0.2) is 113 Å². The molecular weight excluding hydrogens is 723 g/mol. The van der Waals surface area contributed by atoms with Crippen molar-refractivity contribution in [2.24, 2.45) is 11.8 Å². The average molecular weight is 772 g/mol. The quantitative estimate of drug-likeness (QED) is 0.129. The maximum absolute atomic E-state index is 14.1. The Morgan fingerprint density at radius 1 is 1.02 bits per heavy atom. The van der Waals surface area contributed by atoms with E-state index >= 15 is 0 Å². The molecule has 2 heterocycles. The molecule has 17 heteroatoms. The number of carbonyl (C=O) groups excluding carboxylic acids is 3. The van der Waals surface area contributed by atoms with Gasteiger partial charge in [0.2, 0.25) is 21.8 Å². The SMILES string of the molecule is Cc1nc(CN2CCN([C@H](C(=O)N[C@@H](Cc3ccccc3)[C@H](O)CN(CC(C)C)S(=O)(=O)c3cccc(NC(=O)CNC(=O)O)c3)C(C)C)C2=O)cs1. The Kier molecular flexibility index (Phi) is 14.3. The number of anilines is 1. The van der Waals surface area contributed by atoms with Gasteiger partial charge in [-0.05, 0) is 48.9 Å². The van der Waals surface area contributed by atoms with Crippen LogP contribution >= 0.6 is 11.3 Å². The summed E-state index contributed by atoms with van der Waals surface area (Å²) in [5, 5.41) is 30.8. The number of amides is 5. The molecule has 1 saturated heterocycles. The molecule has 5 N–H and O–H groups in total. The number of nitrogens with one attached hydrogen (secondary N) is 3. The van der Waals surface area contributed by atoms with Crippen LogP contribution in [0, 0.1) is 18.8 Å². The number of carbonyl (C=O) groups is 4. The molecule has 1 aliphatic rings. The zero-order valence-corrected chi connectivity index (χ0v) is 32.2. The van der Waals surface area contributed by atoms with Crippen LogP contribution in [0.4, 0.5) is 15.3 Å². The zero-order chi connectivity index (χ0) is 38.9. The van der Waals surface area contributed by atoms with Crippen molar-refractivity contribution in [3.05, 3.63) is 76.2 Å². The van der Waals surface area contributed by atoms with Crippen molar-refractivity contribution in [3.63, 3.8) is 0 Å². The molecule has 3 atom stereocenters. The number of benzene rings is 2. The van der Waals surface area contributed by atoms with Gasteiger partial charge >= 0.3 is 12.1 Å². The molecule has 0 unspecified atom stereocenters. The van der Waals surface area contributed by atoms with Crippen LogP contribution in [0.15, 0.2) is 64.9 Å². The third-order valence-electron chi connectivity index (χ3n) is 8.59. The number of aromatic nitrogens is 1. The highest BCUT2D eigenvalue weighted by Gasteiger charge is 2.40. The minimum Gasteiger partial charge on any atom is -0.465 e. The van der Waals surface area contributed by atoms with E-state index in [1.807, 2.05) is 75.6 Å². The van der Waals surface area contributed by atoms with E-state index in [-0.39, 0.29) is 48.0 Å². The van der Waals surface area contributed by atoms with Gasteiger partial charge in [-0.1, -0.05) is 64.1 Å². The van der Waals surface area contributed by atoms with Gasteiger partial charge in [-0.3, -0.25) is 9.59 Å². The molecule has 288 valence electrons. The van der Waals surface area contributed by atoms with Gasteiger partial charge in [0.25, 0.3) is 0 Å². The Labute approximate surface area is 314 Å². The summed E-state index contributed by atoms with van der Waals surface area (Å²) < 4.78 is 29.4. The number of aliphatic hydroxyl groups is 1. The lowest BCUT2D eigenvalue weighted by Gasteiger charge is -2.34. The van der Waals surface area contributed by atoms with Crippen molar-refractivity contribution in [3.8, 4) is 0 Å². The van der Waals surface area contributed by atoms with Crippen LogP contribution in [0.1, 0.15) is 44.0 Å². The number of sulfonamides is 1. The third kappa shape index (κ3) is 11.5. The van der Waals surface area contributed by atoms with Gasteiger partial charge in [-0.25, -0.2) is 23.0 Å². The number of thiazole rings is 1. The Morgan fingerprint density at radius 3 is 2.36 bits per heavy atom. The van der Waals surface area contributed by atoms with E-state index in [9.17, 15) is 32.7 Å². The summed E-state index contributed by atoms with van der Waals surface area (Å²) >= 11 is 1.50. The number of rotatable bonds is 18. The number of hydrogen-bond donors (Lipinski definition) is 5. The largest absolute Gasteiger partial charge is 0.465 e. The van der Waals surface area contributed by atoms with E-state index in [4.69, 9.17) is 5.11 Å². The second-order valence-corrected chi connectivity index (χ2v) is 16.8. The molecule has 4 rings (SSSR count). The first-order valence-electron chi connectivity index (χ1n) is 17.4. The fraction of sp³-hybridized carbons (Fsp3) is 0.472. The van der Waals surface area contributed by atoms with E-state index in [1.165, 1.54) is 35.6 Å². The smallest absolute Gasteiger partial charge is 0.405 e. The highest BCUT2D eigenvalue weighted by atomic mass is 32.2. The molecule has 0 spiro atoms. The molecule has 1 aromatic heterocycles. The summed E-state index contributed by atoms with van der Waals surface area (Å²) in [6.07, 6.45) is -2.57. The topological polar surface area (TPSA) is 202 Å². The van der Waals surface area contributed by atoms with Crippen LogP contribution in [0.3, 0.4) is 0 Å². The van der Waals surface area contributed by atoms with Crippen LogP contribution < -0.4 is 16.0 Å². The van der Waals surface area contributed by atoms with Gasteiger partial charge in [-0.2, -0.15) is 4.31 Å². The lowest BCUT2D eigenvalue weighted by Crippen LogP contribution is -2.57. The van der Waals surface area contributed by atoms with Crippen molar-refractivity contribution < 1.29 is 37.8 Å². The molecule has 15 nitrogen and oxygen atoms in total. The van der Waals surface area contributed by atoms with Crippen molar-refractivity contribution in [2.75, 3.05) is 38.0 Å². The number of aryl methyl sites for hydroxylation is 1. The molecule has 53 heavy (non-hydrogen) atoms. The Morgan fingerprint density at radius 2 is 1.74 bits per heavy atom. The van der Waals surface area contributed by atoms with Crippen molar-refractivity contribution in [1.82, 2.24) is 29.7 Å². The first-order valence-corrected chi connectivity index (χ1v) is 19.7. The van der Waals surface area contributed by atoms with Crippen molar-refractivity contribution in [2.45, 2.75) is 70.7 Å². The van der Waals surface area contributed by atoms with E-state index < -0.39 is 52.7 Å². The monoisotopic (exact) mass is 771 g/mol. The summed E-state index contributed by atoms with van der Waals surface area (Å²) in [6, 6.07) is 12.7. The Balaban J connectivity index is 1.56. The summed E-state index contributed by atoms with van der Waals surface area (Å²) in [5.74, 6) is -1.57. The fourth-order valence-corrected chi connectivity index (χ4v) is 8.44. The first kappa shape index (κ1) is 41.2. The summed E-state index contributed by atoms with van der Waals surface area (Å²) in [5.41, 5.74) is 1.72. The standard InChI is InChI=1S/C36H49N7O8S2/c1-23(2)19-42(53(50,51)29-13-9-12-27(17-29)39-32(45)18-37-35(47)48)21-31(44)30(16-26-10-7-6-8-11-26)40-34(46)33(24(3)4)43-15-14-41(36(43)49)20-28-22-52-25(5)38-28/h6-13,17,22-24,30-31,33,37,44H,14-16,18-21H2,1-5H3,(H,39,45)(H,40,46)(H,47,48)/t30-,31+,33-/m0/s1. The molecule has 0 radical (unpaired) electrons. The number of urea groups is 1. The minimum atomic E-state index is -4.25. The predicted molar refractivity (Wildman–Crippen MR) is 201 cm³/mol. The molecule has 0 aliphatic carbocycles. The normalized spacial score (nSPS) is 15.2. The lowest BCUT2D eigenvalue weighted by molar-refractivity contribution is -0.128. The molecule has 1 fully saturated rings. The first-order chi connectivity index (χ1) is 25.0. The lowest BCUT2D eigenvalue weighted by atomic mass is 9.97. The van der Waals surface area contributed by atoms with E-state index in [0.29, 0.717) is 19.6 Å². The summed E-state index contributed by atoms with van der Waals surface area (Å²) in [4.78, 5) is 58.2. The van der Waals surface area contributed by atoms with E-state index in [0.717, 1.165) is 20.6 Å². The number of nitrogens with zero attached hydrogens (tertiary/aromatic N) is 4. The molecule has 0 bridgehead atoms. The third-order valence-corrected chi connectivity index (χ3v) is 11.2. The van der Waals surface area contributed by atoms with Crippen molar-refractivity contribution in [1.29, 1.82) is 0 Å². The van der Waals surface area contributed by atoms with Crippen molar-refractivity contribution >= 4 is 51.0 Å². The summed E-state index contributed by atoms with van der Waals surface area (Å²) in [7, 11) is -4.25. The molecule has 5 amide bonds. The van der Waals surface area contributed by atoms with Crippen LogP contribution in [0.25, 0.3) is 0 Å². The Hall–Kier alpha value is -4.58. The van der Waals surface area contributed by atoms with E-state index in [2.05, 4.69) is 15.6 Å². The van der Waals surface area contributed by atoms with Gasteiger partial charge < -0.3 is 36.0 Å². The molecule has 1 aliphatic heterocycles. The highest BCUT2D eigenvalue weighted by molar-refractivity contribution is 7.89. The van der Waals surface area contributed by atoms with Crippen LogP contribution in [-0.2, 0) is 32.6 Å². The van der Waals surface area contributed by atoms with E-state index in [1.54, 1.807) is 9.80 Å². The molecule has 2 aromatic carbocycles. The van der Waals surface area contributed by atoms with Gasteiger partial charge in [0.1, 0.15) is 12.6 Å². The maximum atomic E-state index is 14.1. The average Bonchev–Trinajstić information content (AvgIpc) is 3.67. The number of hydrogen-bond acceptors (Lipinski definition) is 9.